The fourth-order valence-corrected chi connectivity index (χ4v) is 2.99. The second-order valence-corrected chi connectivity index (χ2v) is 4.97. The van der Waals surface area contributed by atoms with Gasteiger partial charge in [-0.25, -0.2) is 0 Å². The summed E-state index contributed by atoms with van der Waals surface area (Å²) in [5, 5.41) is 8.92. The molecule has 0 radical (unpaired) electrons. The van der Waals surface area contributed by atoms with E-state index in [9.17, 15) is 0 Å². The van der Waals surface area contributed by atoms with Crippen LogP contribution in [-0.2, 0) is 6.61 Å². The van der Waals surface area contributed by atoms with Crippen molar-refractivity contribution in [3.63, 3.8) is 0 Å². The Balaban J connectivity index is 2.39. The molecule has 0 saturated heterocycles. The van der Waals surface area contributed by atoms with E-state index in [1.54, 1.807) is 0 Å². The molecule has 1 aromatic carbocycles. The molecule has 0 amide bonds. The van der Waals surface area contributed by atoms with E-state index in [1.165, 1.54) is 11.1 Å². The third kappa shape index (κ3) is 1.95. The van der Waals surface area contributed by atoms with Gasteiger partial charge in [0.1, 0.15) is 0 Å². The summed E-state index contributed by atoms with van der Waals surface area (Å²) in [6.45, 7) is 2.13. The van der Waals surface area contributed by atoms with Crippen molar-refractivity contribution < 1.29 is 5.11 Å². The van der Waals surface area contributed by atoms with Crippen molar-refractivity contribution in [3.8, 4) is 10.1 Å². The molecule has 1 N–H and O–H groups in total. The van der Waals surface area contributed by atoms with E-state index in [0.717, 1.165) is 10.3 Å². The molecule has 0 bridgehead atoms. The molecule has 2 aromatic rings. The fourth-order valence-electron chi connectivity index (χ4n) is 1.29. The minimum atomic E-state index is 0.0526. The molecule has 72 valence electrons. The second-order valence-electron chi connectivity index (χ2n) is 3.17. The Labute approximate surface area is 89.0 Å². The van der Waals surface area contributed by atoms with Crippen LogP contribution in [0.5, 0.6) is 0 Å². The summed E-state index contributed by atoms with van der Waals surface area (Å²) in [7, 11) is 0. The van der Waals surface area contributed by atoms with Crippen LogP contribution >= 0.6 is 0 Å². The summed E-state index contributed by atoms with van der Waals surface area (Å²) in [6, 6.07) is 8.32. The monoisotopic (exact) mass is 253 g/mol. The van der Waals surface area contributed by atoms with Gasteiger partial charge in [-0.15, -0.1) is 0 Å². The molecule has 0 aliphatic rings. The molecule has 14 heavy (non-hydrogen) atoms. The standard InChI is InChI=1S/C11H11NOSe/c1-8-3-2-4-9(5-8)11-12-10(6-13)7-14-11/h2-5,7,13H,6H2,1H3. The van der Waals surface area contributed by atoms with Crippen LogP contribution < -0.4 is 0 Å². The second kappa shape index (κ2) is 4.09. The van der Waals surface area contributed by atoms with Gasteiger partial charge in [0.05, 0.1) is 0 Å². The van der Waals surface area contributed by atoms with Gasteiger partial charge >= 0.3 is 88.7 Å². The van der Waals surface area contributed by atoms with Crippen molar-refractivity contribution in [1.29, 1.82) is 0 Å². The summed E-state index contributed by atoms with van der Waals surface area (Å²) in [5.74, 6) is 0. The molecule has 2 rings (SSSR count). The first-order valence-corrected chi connectivity index (χ1v) is 6.26. The summed E-state index contributed by atoms with van der Waals surface area (Å²) < 4.78 is 1.12. The van der Waals surface area contributed by atoms with Crippen LogP contribution in [0.2, 0.25) is 0 Å². The molecule has 0 atom stereocenters. The molecule has 0 unspecified atom stereocenters. The van der Waals surface area contributed by atoms with Crippen LogP contribution in [0.15, 0.2) is 29.2 Å². The number of hydrogen-bond acceptors (Lipinski definition) is 2. The molecule has 0 spiro atoms. The molecule has 1 aromatic heterocycles. The molecule has 0 saturated carbocycles. The van der Waals surface area contributed by atoms with E-state index in [2.05, 4.69) is 30.1 Å². The summed E-state index contributed by atoms with van der Waals surface area (Å²) in [6.07, 6.45) is 0. The van der Waals surface area contributed by atoms with Gasteiger partial charge < -0.3 is 0 Å². The van der Waals surface area contributed by atoms with Gasteiger partial charge in [0.2, 0.25) is 0 Å². The molecule has 0 aliphatic heterocycles. The van der Waals surface area contributed by atoms with Crippen molar-refractivity contribution >= 4 is 14.5 Å². The van der Waals surface area contributed by atoms with Crippen LogP contribution in [0.25, 0.3) is 10.1 Å². The van der Waals surface area contributed by atoms with E-state index in [0.29, 0.717) is 0 Å². The first-order valence-electron chi connectivity index (χ1n) is 4.42. The van der Waals surface area contributed by atoms with Crippen LogP contribution in [0.3, 0.4) is 0 Å². The Bertz CT molecular complexity index is 436. The first kappa shape index (κ1) is 9.66. The van der Waals surface area contributed by atoms with Crippen LogP contribution in [0, 0.1) is 6.92 Å². The molecular weight excluding hydrogens is 241 g/mol. The Morgan fingerprint density at radius 3 is 2.93 bits per heavy atom. The number of aromatic nitrogens is 1. The number of aliphatic hydroxyl groups is 1. The predicted octanol–water partition coefficient (Wildman–Crippen LogP) is 1.61. The zero-order valence-electron chi connectivity index (χ0n) is 7.90. The van der Waals surface area contributed by atoms with E-state index in [-0.39, 0.29) is 21.1 Å². The fraction of sp³-hybridized carbons (Fsp3) is 0.182. The molecular formula is C11H11NOSe. The normalized spacial score (nSPS) is 10.4. The van der Waals surface area contributed by atoms with Crippen molar-refractivity contribution in [2.45, 2.75) is 13.5 Å². The van der Waals surface area contributed by atoms with Gasteiger partial charge in [-0.05, 0) is 0 Å². The Morgan fingerprint density at radius 1 is 1.43 bits per heavy atom. The zero-order chi connectivity index (χ0) is 9.97. The molecule has 0 fully saturated rings. The van der Waals surface area contributed by atoms with E-state index in [4.69, 9.17) is 5.11 Å². The maximum absolute atomic E-state index is 8.92. The van der Waals surface area contributed by atoms with Gasteiger partial charge in [-0.3, -0.25) is 0 Å². The number of nitrogens with zero attached hydrogens (tertiary/aromatic N) is 1. The van der Waals surface area contributed by atoms with Gasteiger partial charge in [-0.1, -0.05) is 0 Å². The molecule has 0 aliphatic carbocycles. The Kier molecular flexibility index (Phi) is 2.82. The number of hydrogen-bond donors (Lipinski definition) is 1. The van der Waals surface area contributed by atoms with E-state index in [1.807, 2.05) is 11.0 Å². The topological polar surface area (TPSA) is 33.1 Å². The van der Waals surface area contributed by atoms with Crippen molar-refractivity contribution in [2.24, 2.45) is 0 Å². The van der Waals surface area contributed by atoms with Gasteiger partial charge in [0.25, 0.3) is 0 Å². The number of aryl methyl sites for hydroxylation is 1. The molecule has 3 heteroatoms. The van der Waals surface area contributed by atoms with Crippen molar-refractivity contribution in [3.05, 3.63) is 40.5 Å². The zero-order valence-corrected chi connectivity index (χ0v) is 9.61. The van der Waals surface area contributed by atoms with E-state index < -0.39 is 0 Å². The summed E-state index contributed by atoms with van der Waals surface area (Å²) >= 11 is 0.284. The van der Waals surface area contributed by atoms with Gasteiger partial charge in [-0.2, -0.15) is 0 Å². The van der Waals surface area contributed by atoms with Crippen LogP contribution in [0.1, 0.15) is 11.3 Å². The van der Waals surface area contributed by atoms with Gasteiger partial charge in [0, 0.05) is 0 Å². The van der Waals surface area contributed by atoms with Gasteiger partial charge in [0.15, 0.2) is 0 Å². The van der Waals surface area contributed by atoms with Crippen molar-refractivity contribution in [1.82, 2.24) is 4.98 Å². The quantitative estimate of drug-likeness (QED) is 0.824. The third-order valence-corrected chi connectivity index (χ3v) is 3.95. The predicted molar refractivity (Wildman–Crippen MR) is 57.3 cm³/mol. The van der Waals surface area contributed by atoms with Crippen molar-refractivity contribution in [2.75, 3.05) is 0 Å². The Hall–Kier alpha value is -0.891. The first-order chi connectivity index (χ1) is 6.79. The summed E-state index contributed by atoms with van der Waals surface area (Å²) in [5.41, 5.74) is 3.24. The van der Waals surface area contributed by atoms with E-state index >= 15 is 0 Å². The average Bonchev–Trinajstić information content (AvgIpc) is 2.66. The number of aliphatic hydroxyl groups excluding tert-OH is 1. The molecule has 2 nitrogen and oxygen atoms in total. The summed E-state index contributed by atoms with van der Waals surface area (Å²) in [4.78, 5) is 6.41. The van der Waals surface area contributed by atoms with Crippen LogP contribution in [0.4, 0.5) is 0 Å². The maximum atomic E-state index is 8.92. The van der Waals surface area contributed by atoms with Crippen LogP contribution in [-0.4, -0.2) is 24.6 Å². The molecule has 1 heterocycles. The number of benzene rings is 1. The average molecular weight is 252 g/mol. The minimum absolute atomic E-state index is 0.0526. The SMILES string of the molecule is Cc1cccc(-c2nc(CO)c[se]2)c1. The third-order valence-electron chi connectivity index (χ3n) is 1.98. The number of rotatable bonds is 2. The Morgan fingerprint density at radius 2 is 2.29 bits per heavy atom.